The van der Waals surface area contributed by atoms with Crippen molar-refractivity contribution in [2.24, 2.45) is 0 Å². The van der Waals surface area contributed by atoms with E-state index in [1.165, 1.54) is 4.31 Å². The number of rotatable bonds is 7. The average molecular weight is 457 g/mol. The highest BCUT2D eigenvalue weighted by Gasteiger charge is 2.29. The van der Waals surface area contributed by atoms with Crippen molar-refractivity contribution in [2.45, 2.75) is 31.6 Å². The van der Waals surface area contributed by atoms with Crippen LogP contribution in [0.5, 0.6) is 5.75 Å². The van der Waals surface area contributed by atoms with Crippen molar-refractivity contribution in [3.63, 3.8) is 0 Å². The monoisotopic (exact) mass is 456 g/mol. The molecule has 158 valence electrons. The number of unbranched alkanes of at least 4 members (excludes halogenated alkanes) is 1. The van der Waals surface area contributed by atoms with Gasteiger partial charge in [0.1, 0.15) is 5.75 Å². The van der Waals surface area contributed by atoms with Gasteiger partial charge in [0.15, 0.2) is 0 Å². The average Bonchev–Trinajstić information content (AvgIpc) is 2.71. The number of hydrogen-bond acceptors (Lipinski definition) is 4. The van der Waals surface area contributed by atoms with E-state index in [-0.39, 0.29) is 0 Å². The molecule has 29 heavy (non-hydrogen) atoms. The second-order valence-electron chi connectivity index (χ2n) is 7.12. The van der Waals surface area contributed by atoms with Crippen LogP contribution in [0.2, 0.25) is 10.0 Å². The largest absolute Gasteiger partial charge is 0.493 e. The fourth-order valence-electron chi connectivity index (χ4n) is 3.29. The standard InChI is InChI=1S/C21H26Cl2N2O3S/c1-3-4-13-28-21-8-6-18(14-16(21)2)29(26,27)25-11-9-24(10-12-25)17-5-7-19(22)20(23)15-17/h5-8,14-15H,3-4,9-13H2,1-2H3. The van der Waals surface area contributed by atoms with Crippen molar-refractivity contribution in [3.05, 3.63) is 52.0 Å². The minimum absolute atomic E-state index is 0.306. The number of sulfonamides is 1. The van der Waals surface area contributed by atoms with Gasteiger partial charge >= 0.3 is 0 Å². The number of anilines is 1. The van der Waals surface area contributed by atoms with Gasteiger partial charge in [0.2, 0.25) is 10.0 Å². The number of halogens is 2. The van der Waals surface area contributed by atoms with Gasteiger partial charge in [0, 0.05) is 31.9 Å². The molecule has 0 saturated carbocycles. The Morgan fingerprint density at radius 3 is 2.34 bits per heavy atom. The molecule has 1 aliphatic heterocycles. The Labute approximate surface area is 183 Å². The normalized spacial score (nSPS) is 15.5. The Bertz CT molecular complexity index is 958. The summed E-state index contributed by atoms with van der Waals surface area (Å²) in [6.07, 6.45) is 2.03. The minimum atomic E-state index is -3.54. The Kier molecular flexibility index (Phi) is 7.32. The van der Waals surface area contributed by atoms with Crippen LogP contribution in [0.1, 0.15) is 25.3 Å². The molecule has 0 aliphatic carbocycles. The number of aryl methyl sites for hydroxylation is 1. The first-order valence-corrected chi connectivity index (χ1v) is 12.0. The molecule has 0 bridgehead atoms. The highest BCUT2D eigenvalue weighted by molar-refractivity contribution is 7.89. The molecule has 1 heterocycles. The Morgan fingerprint density at radius 2 is 1.72 bits per heavy atom. The SMILES string of the molecule is CCCCOc1ccc(S(=O)(=O)N2CCN(c3ccc(Cl)c(Cl)c3)CC2)cc1C. The fourth-order valence-corrected chi connectivity index (χ4v) is 5.09. The molecule has 2 aromatic carbocycles. The first-order chi connectivity index (χ1) is 13.8. The summed E-state index contributed by atoms with van der Waals surface area (Å²) in [5.74, 6) is 0.738. The lowest BCUT2D eigenvalue weighted by Crippen LogP contribution is -2.48. The zero-order chi connectivity index (χ0) is 21.0. The molecule has 1 fully saturated rings. The van der Waals surface area contributed by atoms with Gasteiger partial charge in [-0.05, 0) is 55.3 Å². The highest BCUT2D eigenvalue weighted by Crippen LogP contribution is 2.29. The van der Waals surface area contributed by atoms with Crippen molar-refractivity contribution < 1.29 is 13.2 Å². The topological polar surface area (TPSA) is 49.9 Å². The van der Waals surface area contributed by atoms with E-state index in [0.717, 1.165) is 29.8 Å². The zero-order valence-electron chi connectivity index (χ0n) is 16.7. The van der Waals surface area contributed by atoms with Crippen LogP contribution in [0, 0.1) is 6.92 Å². The Hall–Kier alpha value is -1.47. The molecule has 8 heteroatoms. The quantitative estimate of drug-likeness (QED) is 0.550. The summed E-state index contributed by atoms with van der Waals surface area (Å²) in [5, 5.41) is 1.00. The molecular weight excluding hydrogens is 431 g/mol. The number of hydrogen-bond donors (Lipinski definition) is 0. The summed E-state index contributed by atoms with van der Waals surface area (Å²) < 4.78 is 33.4. The maximum absolute atomic E-state index is 13.1. The molecule has 1 aliphatic rings. The van der Waals surface area contributed by atoms with Gasteiger partial charge in [0.05, 0.1) is 21.5 Å². The van der Waals surface area contributed by atoms with E-state index in [4.69, 9.17) is 27.9 Å². The van der Waals surface area contributed by atoms with Gasteiger partial charge in [-0.1, -0.05) is 36.5 Å². The third-order valence-corrected chi connectivity index (χ3v) is 7.68. The van der Waals surface area contributed by atoms with E-state index < -0.39 is 10.0 Å². The van der Waals surface area contributed by atoms with Crippen molar-refractivity contribution in [1.29, 1.82) is 0 Å². The molecule has 3 rings (SSSR count). The van der Waals surface area contributed by atoms with Crippen LogP contribution < -0.4 is 9.64 Å². The van der Waals surface area contributed by atoms with Crippen molar-refractivity contribution >= 4 is 38.9 Å². The Morgan fingerprint density at radius 1 is 1.00 bits per heavy atom. The first kappa shape index (κ1) is 22.2. The number of ether oxygens (including phenoxy) is 1. The summed E-state index contributed by atoms with van der Waals surface area (Å²) >= 11 is 12.1. The third kappa shape index (κ3) is 5.18. The lowest BCUT2D eigenvalue weighted by molar-refractivity contribution is 0.307. The van der Waals surface area contributed by atoms with Crippen molar-refractivity contribution in [3.8, 4) is 5.75 Å². The Balaban J connectivity index is 1.68. The van der Waals surface area contributed by atoms with Crippen molar-refractivity contribution in [2.75, 3.05) is 37.7 Å². The van der Waals surface area contributed by atoms with Crippen LogP contribution in [-0.2, 0) is 10.0 Å². The lowest BCUT2D eigenvalue weighted by Gasteiger charge is -2.35. The summed E-state index contributed by atoms with van der Waals surface area (Å²) in [6, 6.07) is 10.6. The molecule has 0 aromatic heterocycles. The summed E-state index contributed by atoms with van der Waals surface area (Å²) in [5.41, 5.74) is 1.78. The van der Waals surface area contributed by atoms with Gasteiger partial charge in [-0.3, -0.25) is 0 Å². The van der Waals surface area contributed by atoms with E-state index in [1.54, 1.807) is 24.3 Å². The predicted octanol–water partition coefficient (Wildman–Crippen LogP) is 4.99. The van der Waals surface area contributed by atoms with Gasteiger partial charge in [0.25, 0.3) is 0 Å². The minimum Gasteiger partial charge on any atom is -0.493 e. The van der Waals surface area contributed by atoms with E-state index >= 15 is 0 Å². The first-order valence-electron chi connectivity index (χ1n) is 9.76. The number of piperazine rings is 1. The maximum Gasteiger partial charge on any atom is 0.243 e. The molecule has 0 atom stereocenters. The summed E-state index contributed by atoms with van der Waals surface area (Å²) in [4.78, 5) is 2.42. The molecule has 0 radical (unpaired) electrons. The molecule has 0 unspecified atom stereocenters. The van der Waals surface area contributed by atoms with Crippen molar-refractivity contribution in [1.82, 2.24) is 4.31 Å². The molecule has 2 aromatic rings. The molecule has 5 nitrogen and oxygen atoms in total. The lowest BCUT2D eigenvalue weighted by atomic mass is 10.2. The van der Waals surface area contributed by atoms with Crippen LogP contribution >= 0.6 is 23.2 Å². The maximum atomic E-state index is 13.1. The molecular formula is C21H26Cl2N2O3S. The van der Waals surface area contributed by atoms with Gasteiger partial charge in [-0.15, -0.1) is 0 Å². The van der Waals surface area contributed by atoms with Crippen LogP contribution in [0.3, 0.4) is 0 Å². The summed E-state index contributed by atoms with van der Waals surface area (Å²) in [6.45, 7) is 6.63. The van der Waals surface area contributed by atoms with Gasteiger partial charge in [-0.2, -0.15) is 4.31 Å². The molecule has 0 amide bonds. The number of nitrogens with zero attached hydrogens (tertiary/aromatic N) is 2. The second-order valence-corrected chi connectivity index (χ2v) is 9.87. The van der Waals surface area contributed by atoms with Crippen LogP contribution in [0.25, 0.3) is 0 Å². The van der Waals surface area contributed by atoms with Gasteiger partial charge in [-0.25, -0.2) is 8.42 Å². The van der Waals surface area contributed by atoms with Gasteiger partial charge < -0.3 is 9.64 Å². The number of benzene rings is 2. The van der Waals surface area contributed by atoms with E-state index in [2.05, 4.69) is 11.8 Å². The smallest absolute Gasteiger partial charge is 0.243 e. The van der Waals surface area contributed by atoms with E-state index in [1.807, 2.05) is 19.1 Å². The predicted molar refractivity (Wildman–Crippen MR) is 119 cm³/mol. The van der Waals surface area contributed by atoms with Crippen LogP contribution in [-0.4, -0.2) is 45.5 Å². The van der Waals surface area contributed by atoms with Crippen LogP contribution in [0.4, 0.5) is 5.69 Å². The van der Waals surface area contributed by atoms with E-state index in [9.17, 15) is 8.42 Å². The molecule has 0 N–H and O–H groups in total. The summed E-state index contributed by atoms with van der Waals surface area (Å²) in [7, 11) is -3.54. The fraction of sp³-hybridized carbons (Fsp3) is 0.429. The second kappa shape index (κ2) is 9.56. The third-order valence-electron chi connectivity index (χ3n) is 5.05. The molecule has 0 spiro atoms. The van der Waals surface area contributed by atoms with Crippen LogP contribution in [0.15, 0.2) is 41.3 Å². The highest BCUT2D eigenvalue weighted by atomic mass is 35.5. The molecule has 1 saturated heterocycles. The zero-order valence-corrected chi connectivity index (χ0v) is 19.0. The van der Waals surface area contributed by atoms with E-state index in [0.29, 0.717) is 47.7 Å².